The molecule has 736 valence electrons. The molecule has 4 aliphatic rings. The standard InChI is InChI=1S/C29H32N6O3.C28H32N6O2.C27H29N5O3.C27H29N5O2/c1-19-5-6-23(34-28(37)22-8-9-31-26(13-22)29(3,4)18-30)15-25(19)21-7-10-32-27(14-21)35-11-12-38-24(17-35)16-33-20(2)36;1-19-5-6-22(33-27(35)21-8-9-31-25(13-21)28(2,3)18-29)15-24(19)20-7-10-32-26(14-20)34-11-12-36-23(17-34)16-30-4;1-18-4-5-21(31-26(34)20-7-8-29-24(12-20)27(2,3)17-28)14-23(18)19-6-9-30-25(13-19)32-10-11-35-22(15-32)16-33;1-18-5-6-22(31-26(33)21-8-9-29-24(13-21)27(3,4)17-28)15-23(18)20-7-10-30-25(14-20)32-11-12-34-16-19(32)2/h5-10,13-15,24H,11-12,16-17H2,1-4H3,(H,33,36)(H,34,37);5-10,13-15,23,30H,11-12,16-17H2,1-4H3,(H,33,35);4-9,12-14,22,33H,10-11,15-16H2,1-3H3,(H,31,34);5-10,13-15,19H,11-12,16H2,1-4H3,(H,31,33)/t24-;23-;22-;19-/m1101/s1. The minimum absolute atomic E-state index is 0.0238. The minimum Gasteiger partial charge on any atom is -0.394 e. The molecule has 7 N–H and O–H groups in total. The Morgan fingerprint density at radius 1 is 0.378 bits per heavy atom. The number of nitriles is 4. The number of pyridine rings is 8. The smallest absolute Gasteiger partial charge is 0.255 e. The van der Waals surface area contributed by atoms with E-state index in [2.05, 4.69) is 149 Å². The van der Waals surface area contributed by atoms with E-state index >= 15 is 0 Å². The van der Waals surface area contributed by atoms with Crippen molar-refractivity contribution < 1.29 is 48.0 Å². The number of benzene rings is 4. The molecule has 4 aromatic carbocycles. The van der Waals surface area contributed by atoms with Crippen molar-refractivity contribution in [2.75, 3.05) is 146 Å². The Morgan fingerprint density at radius 2 is 0.664 bits per heavy atom. The molecule has 0 aliphatic carbocycles. The summed E-state index contributed by atoms with van der Waals surface area (Å²) in [5.74, 6) is 2.37. The van der Waals surface area contributed by atoms with Crippen LogP contribution in [0.5, 0.6) is 0 Å². The first-order valence-corrected chi connectivity index (χ1v) is 47.5. The highest BCUT2D eigenvalue weighted by atomic mass is 16.5. The summed E-state index contributed by atoms with van der Waals surface area (Å²) in [5.41, 5.74) is 16.0. The number of likely N-dealkylation sites (N-methyl/N-ethyl adjacent to an activating group) is 1. The fraction of sp³-hybridized carbons (Fsp3) is 0.342. The van der Waals surface area contributed by atoms with Gasteiger partial charge < -0.3 is 75.6 Å². The van der Waals surface area contributed by atoms with Gasteiger partial charge in [0.05, 0.1) is 133 Å². The van der Waals surface area contributed by atoms with Crippen molar-refractivity contribution in [3.05, 3.63) is 287 Å². The summed E-state index contributed by atoms with van der Waals surface area (Å²) in [6.45, 7) is 35.4. The third-order valence-corrected chi connectivity index (χ3v) is 25.2. The second kappa shape index (κ2) is 47.5. The van der Waals surface area contributed by atoms with Crippen LogP contribution < -0.4 is 51.5 Å². The quantitative estimate of drug-likeness (QED) is 0.0279. The number of carbonyl (C=O) groups excluding carboxylic acids is 5. The number of morpholine rings is 4. The molecule has 12 heterocycles. The van der Waals surface area contributed by atoms with Crippen molar-refractivity contribution in [1.82, 2.24) is 50.5 Å². The number of aromatic nitrogens is 8. The number of hydrogen-bond donors (Lipinski definition) is 7. The lowest BCUT2D eigenvalue weighted by molar-refractivity contribution is -0.119. The number of hydrogen-bond acceptors (Lipinski definition) is 27. The number of aliphatic hydroxyl groups excluding tert-OH is 1. The summed E-state index contributed by atoms with van der Waals surface area (Å²) >= 11 is 0. The summed E-state index contributed by atoms with van der Waals surface area (Å²) in [6.07, 6.45) is 13.2. The third-order valence-electron chi connectivity index (χ3n) is 25.2. The molecule has 0 unspecified atom stereocenters. The number of nitrogens with zero attached hydrogens (tertiary/aromatic N) is 16. The summed E-state index contributed by atoms with van der Waals surface area (Å²) in [6, 6.07) is 61.8. The monoisotopic (exact) mass is 1920 g/mol. The summed E-state index contributed by atoms with van der Waals surface area (Å²) in [5, 5.41) is 65.0. The van der Waals surface area contributed by atoms with Gasteiger partial charge in [-0.05, 0) is 309 Å². The maximum absolute atomic E-state index is 13.0. The molecule has 4 atom stereocenters. The van der Waals surface area contributed by atoms with Gasteiger partial charge in [-0.1, -0.05) is 24.3 Å². The molecular weight excluding hydrogens is 1800 g/mol. The van der Waals surface area contributed by atoms with Gasteiger partial charge in [-0.15, -0.1) is 0 Å². The number of ether oxygens (including phenoxy) is 4. The van der Waals surface area contributed by atoms with Gasteiger partial charge in [0, 0.05) is 160 Å². The molecule has 0 bridgehead atoms. The van der Waals surface area contributed by atoms with Gasteiger partial charge in [0.15, 0.2) is 0 Å². The number of aliphatic hydroxyl groups is 1. The van der Waals surface area contributed by atoms with E-state index in [1.165, 1.54) is 6.92 Å². The minimum atomic E-state index is -0.795. The second-order valence-electron chi connectivity index (χ2n) is 37.8. The number of aryl methyl sites for hydroxylation is 4. The van der Waals surface area contributed by atoms with Crippen molar-refractivity contribution in [1.29, 1.82) is 21.0 Å². The van der Waals surface area contributed by atoms with Gasteiger partial charge >= 0.3 is 0 Å². The second-order valence-corrected chi connectivity index (χ2v) is 37.8. The molecule has 16 rings (SSSR count). The Bertz CT molecular complexity index is 6780. The van der Waals surface area contributed by atoms with E-state index in [0.29, 0.717) is 134 Å². The van der Waals surface area contributed by atoms with E-state index in [9.17, 15) is 50.1 Å². The van der Waals surface area contributed by atoms with Crippen LogP contribution in [0, 0.1) is 73.0 Å². The van der Waals surface area contributed by atoms with Gasteiger partial charge in [-0.2, -0.15) is 21.0 Å². The van der Waals surface area contributed by atoms with E-state index in [0.717, 1.165) is 116 Å². The zero-order chi connectivity index (χ0) is 102. The number of rotatable bonds is 25. The average molecular weight is 1920 g/mol. The summed E-state index contributed by atoms with van der Waals surface area (Å²) in [7, 11) is 1.93. The molecule has 4 aliphatic heterocycles. The average Bonchev–Trinajstić information content (AvgIpc) is 0.811. The Morgan fingerprint density at radius 3 is 0.958 bits per heavy atom. The first-order chi connectivity index (χ1) is 68.5. The van der Waals surface area contributed by atoms with Crippen LogP contribution in [-0.2, 0) is 45.4 Å². The van der Waals surface area contributed by atoms with Crippen LogP contribution in [-0.4, -0.2) is 204 Å². The largest absolute Gasteiger partial charge is 0.394 e. The fourth-order valence-corrected chi connectivity index (χ4v) is 16.5. The Balaban J connectivity index is 0.000000160. The van der Waals surface area contributed by atoms with Crippen molar-refractivity contribution >= 4 is 75.6 Å². The molecule has 32 nitrogen and oxygen atoms in total. The topological polar surface area (TPSA) is 426 Å². The van der Waals surface area contributed by atoms with E-state index < -0.39 is 21.7 Å². The molecule has 5 amide bonds. The van der Waals surface area contributed by atoms with Crippen LogP contribution in [0.1, 0.15) is 156 Å². The predicted octanol–water partition coefficient (Wildman–Crippen LogP) is 16.2. The Labute approximate surface area is 835 Å². The van der Waals surface area contributed by atoms with E-state index in [4.69, 9.17) is 18.9 Å². The van der Waals surface area contributed by atoms with Crippen LogP contribution >= 0.6 is 0 Å². The molecular formula is C111H122N22O10. The molecule has 32 heteroatoms. The number of anilines is 8. The SMILES string of the molecule is CC(=O)NC[C@@H]1CN(c2cc(-c3cc(NC(=O)c4ccnc(C(C)(C)C#N)c4)ccc3C)ccn2)CCO1.CNC[C@@H]1CN(c2cc(-c3cc(NC(=O)c4ccnc(C(C)(C)C#N)c4)ccc3C)ccn2)CCO1.Cc1ccc(NC(=O)c2ccnc(C(C)(C)C#N)c2)cc1-c1ccnc(N2CCOC[C@H]2C)c1.Cc1ccc(NC(=O)c2ccnc(C(C)(C)C#N)c2)cc1-c1ccnc(N2CCO[C@H](CO)C2)c1. The first kappa shape index (κ1) is 105. The normalized spacial score (nSPS) is 15.8. The van der Waals surface area contributed by atoms with Gasteiger partial charge in [0.1, 0.15) is 23.3 Å². The fourth-order valence-electron chi connectivity index (χ4n) is 16.5. The van der Waals surface area contributed by atoms with Crippen molar-refractivity contribution in [3.8, 4) is 68.8 Å². The summed E-state index contributed by atoms with van der Waals surface area (Å²) < 4.78 is 22.7. The van der Waals surface area contributed by atoms with Gasteiger partial charge in [-0.3, -0.25) is 43.9 Å². The number of nitrogens with one attached hydrogen (secondary N) is 6. The Kier molecular flexibility index (Phi) is 34.8. The van der Waals surface area contributed by atoms with Crippen LogP contribution in [0.2, 0.25) is 0 Å². The first-order valence-electron chi connectivity index (χ1n) is 47.5. The van der Waals surface area contributed by atoms with E-state index in [-0.39, 0.29) is 60.5 Å². The van der Waals surface area contributed by atoms with Gasteiger partial charge in [0.2, 0.25) is 5.91 Å². The van der Waals surface area contributed by atoms with Gasteiger partial charge in [-0.25, -0.2) is 19.9 Å². The lowest BCUT2D eigenvalue weighted by Crippen LogP contribution is -2.47. The van der Waals surface area contributed by atoms with Crippen LogP contribution in [0.25, 0.3) is 44.5 Å². The zero-order valence-electron chi connectivity index (χ0n) is 83.5. The van der Waals surface area contributed by atoms with Gasteiger partial charge in [0.25, 0.3) is 23.6 Å². The van der Waals surface area contributed by atoms with Crippen molar-refractivity contribution in [3.63, 3.8) is 0 Å². The van der Waals surface area contributed by atoms with Crippen molar-refractivity contribution in [2.45, 2.75) is 143 Å². The van der Waals surface area contributed by atoms with E-state index in [1.54, 1.807) is 141 Å². The van der Waals surface area contributed by atoms with Crippen LogP contribution in [0.15, 0.2) is 219 Å². The zero-order valence-corrected chi connectivity index (χ0v) is 83.5. The molecule has 8 aromatic heterocycles. The van der Waals surface area contributed by atoms with E-state index in [1.807, 2.05) is 142 Å². The summed E-state index contributed by atoms with van der Waals surface area (Å²) in [4.78, 5) is 107. The molecule has 0 spiro atoms. The molecule has 4 fully saturated rings. The van der Waals surface area contributed by atoms with Crippen LogP contribution in [0.4, 0.5) is 46.0 Å². The molecule has 0 radical (unpaired) electrons. The highest BCUT2D eigenvalue weighted by Gasteiger charge is 2.32. The number of carbonyl (C=O) groups is 5. The molecule has 12 aromatic rings. The predicted molar refractivity (Wildman–Crippen MR) is 554 cm³/mol. The lowest BCUT2D eigenvalue weighted by Gasteiger charge is -2.34. The molecule has 143 heavy (non-hydrogen) atoms. The highest BCUT2D eigenvalue weighted by molar-refractivity contribution is 6.07. The molecule has 4 saturated heterocycles. The third kappa shape index (κ3) is 27.3. The maximum Gasteiger partial charge on any atom is 0.255 e. The van der Waals surface area contributed by atoms with Crippen LogP contribution in [0.3, 0.4) is 0 Å². The highest BCUT2D eigenvalue weighted by Crippen LogP contribution is 2.37. The maximum atomic E-state index is 13.0. The number of amides is 5. The molecule has 0 saturated carbocycles. The van der Waals surface area contributed by atoms with Crippen molar-refractivity contribution in [2.24, 2.45) is 0 Å². The Hall–Kier alpha value is -15.7. The lowest BCUT2D eigenvalue weighted by atomic mass is 9.90.